The molecule has 1 fully saturated rings. The molecule has 1 heterocycles. The third-order valence-electron chi connectivity index (χ3n) is 3.15. The van der Waals surface area contributed by atoms with E-state index >= 15 is 0 Å². The van der Waals surface area contributed by atoms with Crippen molar-refractivity contribution in [1.82, 2.24) is 5.32 Å². The Morgan fingerprint density at radius 3 is 2.73 bits per heavy atom. The highest BCUT2D eigenvalue weighted by atomic mass is 79.9. The van der Waals surface area contributed by atoms with Gasteiger partial charge in [0.15, 0.2) is 0 Å². The maximum atomic E-state index is 11.9. The Morgan fingerprint density at radius 1 is 1.67 bits per heavy atom. The van der Waals surface area contributed by atoms with Gasteiger partial charge in [0, 0.05) is 17.5 Å². The Hall–Kier alpha value is -0.0900. The second kappa shape index (κ2) is 5.30. The molecule has 1 N–H and O–H groups in total. The van der Waals surface area contributed by atoms with Crippen LogP contribution in [0.25, 0.3) is 0 Å². The zero-order valence-electron chi connectivity index (χ0n) is 9.68. The van der Waals surface area contributed by atoms with Gasteiger partial charge in [0.1, 0.15) is 6.10 Å². The fourth-order valence-electron chi connectivity index (χ4n) is 1.62. The molecule has 0 spiro atoms. The van der Waals surface area contributed by atoms with Crippen molar-refractivity contribution in [2.75, 3.05) is 11.9 Å². The Balaban J connectivity index is 2.54. The number of carbonyl (C=O) groups is 1. The SMILES string of the molecule is CCC(C)(CBr)NC(=O)C1OCCC1C. The highest BCUT2D eigenvalue weighted by Crippen LogP contribution is 2.21. The summed E-state index contributed by atoms with van der Waals surface area (Å²) in [5.41, 5.74) is -0.164. The maximum Gasteiger partial charge on any atom is 0.249 e. The lowest BCUT2D eigenvalue weighted by Crippen LogP contribution is -2.51. The van der Waals surface area contributed by atoms with Crippen molar-refractivity contribution in [3.8, 4) is 0 Å². The van der Waals surface area contributed by atoms with E-state index in [9.17, 15) is 4.79 Å². The molecule has 0 bridgehead atoms. The molecule has 0 aliphatic carbocycles. The maximum absolute atomic E-state index is 11.9. The normalized spacial score (nSPS) is 29.9. The minimum Gasteiger partial charge on any atom is -0.368 e. The number of carbonyl (C=O) groups excluding carboxylic acids is 1. The molecule has 3 nitrogen and oxygen atoms in total. The summed E-state index contributed by atoms with van der Waals surface area (Å²) in [6, 6.07) is 0. The lowest BCUT2D eigenvalue weighted by Gasteiger charge is -2.29. The van der Waals surface area contributed by atoms with Crippen LogP contribution in [0.15, 0.2) is 0 Å². The number of hydrogen-bond donors (Lipinski definition) is 1. The Bertz CT molecular complexity index is 229. The highest BCUT2D eigenvalue weighted by Gasteiger charge is 2.34. The van der Waals surface area contributed by atoms with Crippen molar-refractivity contribution < 1.29 is 9.53 Å². The fourth-order valence-corrected chi connectivity index (χ4v) is 2.15. The first-order valence-electron chi connectivity index (χ1n) is 5.52. The van der Waals surface area contributed by atoms with Gasteiger partial charge in [-0.2, -0.15) is 0 Å². The van der Waals surface area contributed by atoms with Crippen LogP contribution in [0.5, 0.6) is 0 Å². The van der Waals surface area contributed by atoms with Gasteiger partial charge in [-0.05, 0) is 25.7 Å². The minimum atomic E-state index is -0.255. The molecule has 1 amide bonds. The van der Waals surface area contributed by atoms with Gasteiger partial charge in [0.05, 0.1) is 0 Å². The molecular formula is C11H20BrNO2. The summed E-state index contributed by atoms with van der Waals surface area (Å²) < 4.78 is 5.43. The van der Waals surface area contributed by atoms with Crippen molar-refractivity contribution in [1.29, 1.82) is 0 Å². The summed E-state index contributed by atoms with van der Waals surface area (Å²) in [5.74, 6) is 0.366. The first-order valence-corrected chi connectivity index (χ1v) is 6.64. The van der Waals surface area contributed by atoms with Crippen LogP contribution in [0, 0.1) is 5.92 Å². The molecule has 0 aromatic heterocycles. The van der Waals surface area contributed by atoms with Crippen LogP contribution in [0.1, 0.15) is 33.6 Å². The molecule has 1 rings (SSSR count). The zero-order valence-corrected chi connectivity index (χ0v) is 11.3. The number of amides is 1. The van der Waals surface area contributed by atoms with E-state index in [1.165, 1.54) is 0 Å². The van der Waals surface area contributed by atoms with Crippen molar-refractivity contribution in [2.45, 2.75) is 45.3 Å². The van der Waals surface area contributed by atoms with Crippen LogP contribution < -0.4 is 5.32 Å². The van der Waals surface area contributed by atoms with Crippen LogP contribution in [0.3, 0.4) is 0 Å². The van der Waals surface area contributed by atoms with E-state index in [0.717, 1.165) is 18.2 Å². The average molecular weight is 278 g/mol. The summed E-state index contributed by atoms with van der Waals surface area (Å²) >= 11 is 3.43. The van der Waals surface area contributed by atoms with Crippen LogP contribution >= 0.6 is 15.9 Å². The molecule has 1 saturated heterocycles. The van der Waals surface area contributed by atoms with Gasteiger partial charge < -0.3 is 10.1 Å². The average Bonchev–Trinajstić information content (AvgIpc) is 2.64. The van der Waals surface area contributed by atoms with Gasteiger partial charge in [-0.25, -0.2) is 0 Å². The first kappa shape index (κ1) is 13.0. The van der Waals surface area contributed by atoms with E-state index in [1.54, 1.807) is 0 Å². The van der Waals surface area contributed by atoms with Crippen LogP contribution in [-0.2, 0) is 9.53 Å². The molecule has 88 valence electrons. The summed E-state index contributed by atoms with van der Waals surface area (Å²) in [5, 5.41) is 3.82. The summed E-state index contributed by atoms with van der Waals surface area (Å²) in [4.78, 5) is 11.9. The molecule has 0 saturated carbocycles. The number of rotatable bonds is 4. The van der Waals surface area contributed by atoms with Crippen molar-refractivity contribution >= 4 is 21.8 Å². The van der Waals surface area contributed by atoms with Crippen LogP contribution in [0.4, 0.5) is 0 Å². The highest BCUT2D eigenvalue weighted by molar-refractivity contribution is 9.09. The van der Waals surface area contributed by atoms with Crippen LogP contribution in [0.2, 0.25) is 0 Å². The van der Waals surface area contributed by atoms with Gasteiger partial charge in [-0.1, -0.05) is 29.8 Å². The smallest absolute Gasteiger partial charge is 0.249 e. The topological polar surface area (TPSA) is 38.3 Å². The van der Waals surface area contributed by atoms with Crippen LogP contribution in [-0.4, -0.2) is 29.5 Å². The number of alkyl halides is 1. The van der Waals surface area contributed by atoms with Crippen molar-refractivity contribution in [3.05, 3.63) is 0 Å². The van der Waals surface area contributed by atoms with Gasteiger partial charge in [0.25, 0.3) is 0 Å². The first-order chi connectivity index (χ1) is 7.02. The lowest BCUT2D eigenvalue weighted by molar-refractivity contribution is -0.133. The predicted molar refractivity (Wildman–Crippen MR) is 64.2 cm³/mol. The van der Waals surface area contributed by atoms with E-state index in [1.807, 2.05) is 6.92 Å². The molecule has 1 aliphatic rings. The monoisotopic (exact) mass is 277 g/mol. The van der Waals surface area contributed by atoms with E-state index < -0.39 is 0 Å². The molecule has 0 aromatic carbocycles. The molecular weight excluding hydrogens is 258 g/mol. The predicted octanol–water partition coefficient (Wildman–Crippen LogP) is 2.09. The number of ether oxygens (including phenoxy) is 1. The van der Waals surface area contributed by atoms with E-state index in [4.69, 9.17) is 4.74 Å². The fraction of sp³-hybridized carbons (Fsp3) is 0.909. The number of hydrogen-bond acceptors (Lipinski definition) is 2. The molecule has 4 heteroatoms. The Labute approximate surface area is 100 Å². The van der Waals surface area contributed by atoms with E-state index in [2.05, 4.69) is 35.1 Å². The Morgan fingerprint density at radius 2 is 2.33 bits per heavy atom. The molecule has 15 heavy (non-hydrogen) atoms. The molecule has 3 unspecified atom stereocenters. The van der Waals surface area contributed by atoms with Gasteiger partial charge >= 0.3 is 0 Å². The van der Waals surface area contributed by atoms with Gasteiger partial charge in [-0.15, -0.1) is 0 Å². The Kier molecular flexibility index (Phi) is 4.59. The second-order valence-corrected chi connectivity index (χ2v) is 5.16. The second-order valence-electron chi connectivity index (χ2n) is 4.59. The third-order valence-corrected chi connectivity index (χ3v) is 4.38. The quantitative estimate of drug-likeness (QED) is 0.800. The standard InChI is InChI=1S/C11H20BrNO2/c1-4-11(3,7-12)13-10(14)9-8(2)5-6-15-9/h8-9H,4-7H2,1-3H3,(H,13,14). The number of nitrogens with one attached hydrogen (secondary N) is 1. The van der Waals surface area contributed by atoms with Crippen molar-refractivity contribution in [3.63, 3.8) is 0 Å². The molecule has 3 atom stereocenters. The summed E-state index contributed by atoms with van der Waals surface area (Å²) in [7, 11) is 0. The lowest BCUT2D eigenvalue weighted by atomic mass is 9.99. The summed E-state index contributed by atoms with van der Waals surface area (Å²) in [6.07, 6.45) is 1.63. The molecule has 0 radical (unpaired) electrons. The van der Waals surface area contributed by atoms with Gasteiger partial charge in [0.2, 0.25) is 5.91 Å². The zero-order chi connectivity index (χ0) is 11.5. The van der Waals surface area contributed by atoms with Crippen molar-refractivity contribution in [2.24, 2.45) is 5.92 Å². The largest absolute Gasteiger partial charge is 0.368 e. The molecule has 0 aromatic rings. The third kappa shape index (κ3) is 3.18. The van der Waals surface area contributed by atoms with Gasteiger partial charge in [-0.3, -0.25) is 4.79 Å². The molecule has 1 aliphatic heterocycles. The minimum absolute atomic E-state index is 0.0313. The van der Waals surface area contributed by atoms with E-state index in [-0.39, 0.29) is 17.6 Å². The number of halogens is 1. The van der Waals surface area contributed by atoms with E-state index in [0.29, 0.717) is 12.5 Å². The summed E-state index contributed by atoms with van der Waals surface area (Å²) in [6.45, 7) is 6.88.